The molecule has 2 aromatic rings. The van der Waals surface area contributed by atoms with E-state index >= 15 is 0 Å². The molecular formula is C18H23N5O3. The lowest BCUT2D eigenvalue weighted by molar-refractivity contribution is 0.0513. The maximum absolute atomic E-state index is 12.5. The number of amides is 1. The number of ether oxygens (including phenoxy) is 1. The first-order chi connectivity index (χ1) is 12.5. The second-order valence-corrected chi connectivity index (χ2v) is 6.39. The monoisotopic (exact) mass is 357 g/mol. The summed E-state index contributed by atoms with van der Waals surface area (Å²) < 4.78 is 5.71. The van der Waals surface area contributed by atoms with Crippen LogP contribution >= 0.6 is 0 Å². The zero-order chi connectivity index (χ0) is 18.7. The average molecular weight is 357 g/mol. The largest absolute Gasteiger partial charge is 0.375 e. The number of aromatic nitrogens is 2. The van der Waals surface area contributed by atoms with E-state index in [1.165, 1.54) is 6.07 Å². The number of benzene rings is 1. The van der Waals surface area contributed by atoms with Crippen molar-refractivity contribution in [1.29, 1.82) is 0 Å². The molecule has 8 nitrogen and oxygen atoms in total. The summed E-state index contributed by atoms with van der Waals surface area (Å²) in [5, 5.41) is 3.04. The van der Waals surface area contributed by atoms with Gasteiger partial charge < -0.3 is 20.7 Å². The van der Waals surface area contributed by atoms with Gasteiger partial charge in [0.05, 0.1) is 17.8 Å². The highest BCUT2D eigenvalue weighted by Gasteiger charge is 2.32. The molecule has 26 heavy (non-hydrogen) atoms. The van der Waals surface area contributed by atoms with Crippen LogP contribution in [0.1, 0.15) is 17.3 Å². The summed E-state index contributed by atoms with van der Waals surface area (Å²) in [5.74, 6) is -0.0958. The number of hydrogen-bond acceptors (Lipinski definition) is 6. The van der Waals surface area contributed by atoms with Gasteiger partial charge in [-0.05, 0) is 26.1 Å². The summed E-state index contributed by atoms with van der Waals surface area (Å²) in [6.07, 6.45) is -0.00329. The number of nitrogen functional groups attached to an aromatic ring is 1. The lowest BCUT2D eigenvalue weighted by atomic mass is 10.1. The maximum Gasteiger partial charge on any atom is 0.252 e. The Hall–Kier alpha value is -2.71. The van der Waals surface area contributed by atoms with Crippen LogP contribution in [-0.2, 0) is 4.74 Å². The molecule has 0 bridgehead atoms. The van der Waals surface area contributed by atoms with Crippen LogP contribution in [0.25, 0.3) is 11.3 Å². The first-order valence-electron chi connectivity index (χ1n) is 8.54. The highest BCUT2D eigenvalue weighted by molar-refractivity contribution is 5.94. The van der Waals surface area contributed by atoms with Gasteiger partial charge in [-0.1, -0.05) is 12.1 Å². The number of aromatic amines is 1. The van der Waals surface area contributed by atoms with Crippen LogP contribution in [0.2, 0.25) is 0 Å². The van der Waals surface area contributed by atoms with E-state index in [1.807, 2.05) is 14.0 Å². The molecule has 1 aromatic heterocycles. The van der Waals surface area contributed by atoms with E-state index in [-0.39, 0.29) is 29.6 Å². The summed E-state index contributed by atoms with van der Waals surface area (Å²) in [6.45, 7) is 4.12. The molecule has 3 rings (SSSR count). The minimum absolute atomic E-state index is 0.00329. The minimum Gasteiger partial charge on any atom is -0.375 e. The number of hydrogen-bond donors (Lipinski definition) is 3. The third kappa shape index (κ3) is 4.09. The van der Waals surface area contributed by atoms with Gasteiger partial charge in [0.15, 0.2) is 0 Å². The van der Waals surface area contributed by atoms with Gasteiger partial charge in [-0.25, -0.2) is 4.98 Å². The van der Waals surface area contributed by atoms with Crippen LogP contribution in [0.3, 0.4) is 0 Å². The number of carbonyl (C=O) groups is 1. The van der Waals surface area contributed by atoms with Gasteiger partial charge in [-0.2, -0.15) is 0 Å². The number of likely N-dealkylation sites (N-methyl/N-ethyl adjacent to an activating group) is 1. The van der Waals surface area contributed by atoms with Crippen molar-refractivity contribution in [3.05, 3.63) is 46.2 Å². The Morgan fingerprint density at radius 2 is 2.12 bits per heavy atom. The Labute approximate surface area is 151 Å². The van der Waals surface area contributed by atoms with E-state index in [0.717, 1.165) is 13.1 Å². The van der Waals surface area contributed by atoms with Crippen molar-refractivity contribution < 1.29 is 9.53 Å². The van der Waals surface area contributed by atoms with Gasteiger partial charge in [0, 0.05) is 36.9 Å². The zero-order valence-corrected chi connectivity index (χ0v) is 14.9. The SMILES string of the molecule is CCO[C@H]1CN(C)C[C@@H]1NC(=O)c1ccc(-c2cc(=O)[nH]c(N)n2)cc1. The fourth-order valence-electron chi connectivity index (χ4n) is 3.15. The van der Waals surface area contributed by atoms with E-state index in [0.29, 0.717) is 23.4 Å². The fourth-order valence-corrected chi connectivity index (χ4v) is 3.15. The third-order valence-corrected chi connectivity index (χ3v) is 4.35. The quantitative estimate of drug-likeness (QED) is 0.717. The van der Waals surface area contributed by atoms with Crippen molar-refractivity contribution in [3.63, 3.8) is 0 Å². The van der Waals surface area contributed by atoms with Crippen LogP contribution in [0.4, 0.5) is 5.95 Å². The minimum atomic E-state index is -0.318. The molecule has 1 aliphatic rings. The molecule has 0 saturated carbocycles. The lowest BCUT2D eigenvalue weighted by Gasteiger charge is -2.19. The van der Waals surface area contributed by atoms with Crippen LogP contribution < -0.4 is 16.6 Å². The van der Waals surface area contributed by atoms with Crippen molar-refractivity contribution >= 4 is 11.9 Å². The molecule has 1 saturated heterocycles. The van der Waals surface area contributed by atoms with Crippen LogP contribution in [0, 0.1) is 0 Å². The van der Waals surface area contributed by atoms with E-state index in [1.54, 1.807) is 24.3 Å². The zero-order valence-electron chi connectivity index (χ0n) is 14.9. The Morgan fingerprint density at radius 1 is 1.38 bits per heavy atom. The normalized spacial score (nSPS) is 20.2. The molecule has 0 radical (unpaired) electrons. The standard InChI is InChI=1S/C18H23N5O3/c1-3-26-15-10-23(2)9-14(15)20-17(25)12-6-4-11(5-7-12)13-8-16(24)22-18(19)21-13/h4-8,14-15H,3,9-10H2,1-2H3,(H,20,25)(H3,19,21,22,24)/t14-,15-/m0/s1. The van der Waals surface area contributed by atoms with Crippen molar-refractivity contribution in [2.45, 2.75) is 19.1 Å². The van der Waals surface area contributed by atoms with Gasteiger partial charge in [-0.3, -0.25) is 14.6 Å². The Kier molecular flexibility index (Phi) is 5.34. The van der Waals surface area contributed by atoms with Gasteiger partial charge in [-0.15, -0.1) is 0 Å². The van der Waals surface area contributed by atoms with E-state index < -0.39 is 0 Å². The molecule has 8 heteroatoms. The molecular weight excluding hydrogens is 334 g/mol. The van der Waals surface area contributed by atoms with E-state index in [4.69, 9.17) is 10.5 Å². The van der Waals surface area contributed by atoms with Gasteiger partial charge in [0.2, 0.25) is 5.95 Å². The molecule has 1 aliphatic heterocycles. The fraction of sp³-hybridized carbons (Fsp3) is 0.389. The Morgan fingerprint density at radius 3 is 2.77 bits per heavy atom. The highest BCUT2D eigenvalue weighted by atomic mass is 16.5. The maximum atomic E-state index is 12.5. The van der Waals surface area contributed by atoms with Gasteiger partial charge >= 0.3 is 0 Å². The second-order valence-electron chi connectivity index (χ2n) is 6.39. The second kappa shape index (κ2) is 7.67. The molecule has 0 aliphatic carbocycles. The highest BCUT2D eigenvalue weighted by Crippen LogP contribution is 2.17. The number of carbonyl (C=O) groups excluding carboxylic acids is 1. The predicted octanol–water partition coefficient (Wildman–Crippen LogP) is 0.468. The molecule has 2 heterocycles. The summed E-state index contributed by atoms with van der Waals surface area (Å²) in [6, 6.07) is 8.23. The number of nitrogens with one attached hydrogen (secondary N) is 2. The van der Waals surface area contributed by atoms with Gasteiger partial charge in [0.25, 0.3) is 11.5 Å². The molecule has 2 atom stereocenters. The molecule has 138 valence electrons. The molecule has 1 amide bonds. The van der Waals surface area contributed by atoms with Crippen LogP contribution in [-0.4, -0.2) is 59.7 Å². The van der Waals surface area contributed by atoms with E-state index in [2.05, 4.69) is 20.2 Å². The predicted molar refractivity (Wildman–Crippen MR) is 98.9 cm³/mol. The summed E-state index contributed by atoms with van der Waals surface area (Å²) >= 11 is 0. The Balaban J connectivity index is 1.72. The summed E-state index contributed by atoms with van der Waals surface area (Å²) in [5.41, 5.74) is 6.97. The number of likely N-dealkylation sites (tertiary alicyclic amines) is 1. The van der Waals surface area contributed by atoms with Crippen molar-refractivity contribution in [2.24, 2.45) is 0 Å². The number of H-pyrrole nitrogens is 1. The van der Waals surface area contributed by atoms with Crippen LogP contribution in [0.5, 0.6) is 0 Å². The number of rotatable bonds is 5. The lowest BCUT2D eigenvalue weighted by Crippen LogP contribution is -2.43. The first-order valence-corrected chi connectivity index (χ1v) is 8.54. The molecule has 0 unspecified atom stereocenters. The third-order valence-electron chi connectivity index (χ3n) is 4.35. The molecule has 1 fully saturated rings. The smallest absolute Gasteiger partial charge is 0.252 e. The first kappa shape index (κ1) is 18.1. The Bertz CT molecular complexity index is 833. The topological polar surface area (TPSA) is 113 Å². The average Bonchev–Trinajstić information content (AvgIpc) is 2.93. The molecule has 0 spiro atoms. The van der Waals surface area contributed by atoms with Gasteiger partial charge in [0.1, 0.15) is 0 Å². The number of anilines is 1. The van der Waals surface area contributed by atoms with Crippen molar-refractivity contribution in [2.75, 3.05) is 32.5 Å². The van der Waals surface area contributed by atoms with Crippen molar-refractivity contribution in [1.82, 2.24) is 20.2 Å². The molecule has 1 aromatic carbocycles. The molecule has 4 N–H and O–H groups in total. The number of nitrogens with zero attached hydrogens (tertiary/aromatic N) is 2. The van der Waals surface area contributed by atoms with E-state index in [9.17, 15) is 9.59 Å². The number of nitrogens with two attached hydrogens (primary N) is 1. The van der Waals surface area contributed by atoms with Crippen molar-refractivity contribution in [3.8, 4) is 11.3 Å². The van der Waals surface area contributed by atoms with Crippen LogP contribution in [0.15, 0.2) is 35.1 Å². The summed E-state index contributed by atoms with van der Waals surface area (Å²) in [7, 11) is 2.01. The summed E-state index contributed by atoms with van der Waals surface area (Å²) in [4.78, 5) is 32.7.